The van der Waals surface area contributed by atoms with Crippen LogP contribution in [0, 0.1) is 0 Å². The molecule has 0 saturated heterocycles. The Morgan fingerprint density at radius 2 is 1.94 bits per heavy atom. The molecule has 0 bridgehead atoms. The summed E-state index contributed by atoms with van der Waals surface area (Å²) in [7, 11) is 0. The van der Waals surface area contributed by atoms with E-state index in [1.807, 2.05) is 36.5 Å². The number of nitrogens with one attached hydrogen (secondary N) is 1. The number of halogens is 1. The van der Waals surface area contributed by atoms with E-state index < -0.39 is 6.10 Å². The molecule has 3 nitrogen and oxygen atoms in total. The van der Waals surface area contributed by atoms with Crippen molar-refractivity contribution in [3.63, 3.8) is 0 Å². The number of aliphatic hydroxyl groups is 1. The molecule has 0 spiro atoms. The topological polar surface area (TPSA) is 48.9 Å². The van der Waals surface area contributed by atoms with Crippen molar-refractivity contribution in [2.24, 2.45) is 0 Å². The van der Waals surface area contributed by atoms with Gasteiger partial charge in [-0.1, -0.05) is 28.1 Å². The van der Waals surface area contributed by atoms with Crippen LogP contribution in [0.5, 0.6) is 0 Å². The second-order valence-electron chi connectivity index (χ2n) is 4.12. The van der Waals surface area contributed by atoms with Crippen molar-refractivity contribution < 1.29 is 5.11 Å². The van der Waals surface area contributed by atoms with Gasteiger partial charge in [-0.2, -0.15) is 0 Å². The number of nitrogens with zero attached hydrogens (tertiary/aromatic N) is 1. The smallest absolute Gasteiger partial charge is 0.106 e. The highest BCUT2D eigenvalue weighted by atomic mass is 79.9. The first kappa shape index (κ1) is 11.4. The van der Waals surface area contributed by atoms with E-state index in [9.17, 15) is 5.11 Å². The van der Waals surface area contributed by atoms with E-state index in [1.165, 1.54) is 0 Å². The molecular formula is C14H11BrN2O. The number of fused-ring (bicyclic) bond motifs is 1. The average Bonchev–Trinajstić information content (AvgIpc) is 2.82. The van der Waals surface area contributed by atoms with Gasteiger partial charge in [0.05, 0.1) is 11.7 Å². The minimum absolute atomic E-state index is 0.630. The highest BCUT2D eigenvalue weighted by Crippen LogP contribution is 2.28. The Kier molecular flexibility index (Phi) is 2.89. The van der Waals surface area contributed by atoms with Crippen molar-refractivity contribution in [2.75, 3.05) is 0 Å². The molecule has 0 aliphatic heterocycles. The normalized spacial score (nSPS) is 12.8. The molecule has 1 unspecified atom stereocenters. The molecule has 4 heteroatoms. The van der Waals surface area contributed by atoms with Crippen LogP contribution in [0.4, 0.5) is 0 Å². The van der Waals surface area contributed by atoms with E-state index in [2.05, 4.69) is 25.9 Å². The van der Waals surface area contributed by atoms with E-state index >= 15 is 0 Å². The summed E-state index contributed by atoms with van der Waals surface area (Å²) in [5.41, 5.74) is 2.68. The van der Waals surface area contributed by atoms with E-state index in [4.69, 9.17) is 0 Å². The molecule has 2 heterocycles. The largest absolute Gasteiger partial charge is 0.384 e. The van der Waals surface area contributed by atoms with Gasteiger partial charge in [0.2, 0.25) is 0 Å². The number of aromatic amines is 1. The molecule has 3 aromatic rings. The lowest BCUT2D eigenvalue weighted by Gasteiger charge is -2.10. The van der Waals surface area contributed by atoms with Gasteiger partial charge in [0.15, 0.2) is 0 Å². The van der Waals surface area contributed by atoms with Crippen LogP contribution in [-0.2, 0) is 0 Å². The highest BCUT2D eigenvalue weighted by molar-refractivity contribution is 9.10. The quantitative estimate of drug-likeness (QED) is 0.762. The Morgan fingerprint density at radius 3 is 2.72 bits per heavy atom. The second-order valence-corrected chi connectivity index (χ2v) is 5.04. The Bertz CT molecular complexity index is 676. The SMILES string of the molecule is OC(c1ccc(Br)cc1)c1c[nH]c2cnccc12. The number of H-pyrrole nitrogens is 1. The van der Waals surface area contributed by atoms with Crippen molar-refractivity contribution in [1.82, 2.24) is 9.97 Å². The van der Waals surface area contributed by atoms with Gasteiger partial charge in [0, 0.05) is 27.8 Å². The van der Waals surface area contributed by atoms with Crippen molar-refractivity contribution in [3.05, 3.63) is 64.5 Å². The summed E-state index contributed by atoms with van der Waals surface area (Å²) in [6.45, 7) is 0. The number of aliphatic hydroxyl groups excluding tert-OH is 1. The fraction of sp³-hybridized carbons (Fsp3) is 0.0714. The molecule has 1 aromatic carbocycles. The van der Waals surface area contributed by atoms with Gasteiger partial charge in [0.25, 0.3) is 0 Å². The van der Waals surface area contributed by atoms with Crippen molar-refractivity contribution in [2.45, 2.75) is 6.10 Å². The monoisotopic (exact) mass is 302 g/mol. The van der Waals surface area contributed by atoms with Crippen LogP contribution in [-0.4, -0.2) is 15.1 Å². The minimum atomic E-state index is -0.630. The summed E-state index contributed by atoms with van der Waals surface area (Å²) in [4.78, 5) is 7.17. The van der Waals surface area contributed by atoms with Crippen LogP contribution in [0.25, 0.3) is 10.9 Å². The van der Waals surface area contributed by atoms with Crippen LogP contribution in [0.1, 0.15) is 17.2 Å². The fourth-order valence-electron chi connectivity index (χ4n) is 2.05. The lowest BCUT2D eigenvalue weighted by atomic mass is 10.0. The Hall–Kier alpha value is -1.65. The maximum Gasteiger partial charge on any atom is 0.106 e. The van der Waals surface area contributed by atoms with Gasteiger partial charge in [0.1, 0.15) is 6.10 Å². The zero-order valence-corrected chi connectivity index (χ0v) is 11.1. The van der Waals surface area contributed by atoms with Crippen molar-refractivity contribution >= 4 is 26.8 Å². The third-order valence-corrected chi connectivity index (χ3v) is 3.52. The van der Waals surface area contributed by atoms with E-state index in [-0.39, 0.29) is 0 Å². The van der Waals surface area contributed by atoms with E-state index in [0.717, 1.165) is 26.5 Å². The zero-order chi connectivity index (χ0) is 12.5. The Labute approximate surface area is 113 Å². The van der Waals surface area contributed by atoms with Crippen LogP contribution < -0.4 is 0 Å². The summed E-state index contributed by atoms with van der Waals surface area (Å²) in [5, 5.41) is 11.4. The van der Waals surface area contributed by atoms with Crippen LogP contribution in [0.2, 0.25) is 0 Å². The maximum absolute atomic E-state index is 10.4. The molecule has 0 saturated carbocycles. The molecule has 2 N–H and O–H groups in total. The third-order valence-electron chi connectivity index (χ3n) is 3.00. The standard InChI is InChI=1S/C14H11BrN2O/c15-10-3-1-9(2-4-10)14(18)12-7-17-13-8-16-6-5-11(12)13/h1-8,14,17-18H. The first-order valence-corrected chi connectivity index (χ1v) is 6.39. The van der Waals surface area contributed by atoms with Crippen LogP contribution in [0.15, 0.2) is 53.4 Å². The molecule has 1 atom stereocenters. The first-order valence-electron chi connectivity index (χ1n) is 5.60. The molecule has 3 rings (SSSR count). The van der Waals surface area contributed by atoms with E-state index in [0.29, 0.717) is 0 Å². The van der Waals surface area contributed by atoms with Crippen molar-refractivity contribution in [3.8, 4) is 0 Å². The van der Waals surface area contributed by atoms with Crippen molar-refractivity contribution in [1.29, 1.82) is 0 Å². The number of pyridine rings is 1. The summed E-state index contributed by atoms with van der Waals surface area (Å²) in [6, 6.07) is 9.58. The highest BCUT2D eigenvalue weighted by Gasteiger charge is 2.14. The third kappa shape index (κ3) is 1.94. The Morgan fingerprint density at radius 1 is 1.17 bits per heavy atom. The van der Waals surface area contributed by atoms with Crippen LogP contribution >= 0.6 is 15.9 Å². The molecular weight excluding hydrogens is 292 g/mol. The summed E-state index contributed by atoms with van der Waals surface area (Å²) < 4.78 is 1.00. The zero-order valence-electron chi connectivity index (χ0n) is 9.47. The fourth-order valence-corrected chi connectivity index (χ4v) is 2.31. The summed E-state index contributed by atoms with van der Waals surface area (Å²) >= 11 is 3.39. The van der Waals surface area contributed by atoms with Crippen LogP contribution in [0.3, 0.4) is 0 Å². The van der Waals surface area contributed by atoms with Gasteiger partial charge in [-0.3, -0.25) is 4.98 Å². The van der Waals surface area contributed by atoms with Gasteiger partial charge in [-0.25, -0.2) is 0 Å². The number of hydrogen-bond donors (Lipinski definition) is 2. The summed E-state index contributed by atoms with van der Waals surface area (Å²) in [5.74, 6) is 0. The van der Waals surface area contributed by atoms with Gasteiger partial charge in [-0.15, -0.1) is 0 Å². The van der Waals surface area contributed by atoms with Gasteiger partial charge >= 0.3 is 0 Å². The number of benzene rings is 1. The first-order chi connectivity index (χ1) is 8.75. The molecule has 0 aliphatic rings. The number of aromatic nitrogens is 2. The second kappa shape index (κ2) is 4.55. The molecule has 0 radical (unpaired) electrons. The summed E-state index contributed by atoms with van der Waals surface area (Å²) in [6.07, 6.45) is 4.69. The Balaban J connectivity index is 2.06. The molecule has 90 valence electrons. The molecule has 18 heavy (non-hydrogen) atoms. The lowest BCUT2D eigenvalue weighted by molar-refractivity contribution is 0.222. The predicted octanol–water partition coefficient (Wildman–Crippen LogP) is 3.41. The number of rotatable bonds is 2. The van der Waals surface area contributed by atoms with Gasteiger partial charge < -0.3 is 10.1 Å². The maximum atomic E-state index is 10.4. The van der Waals surface area contributed by atoms with Gasteiger partial charge in [-0.05, 0) is 23.8 Å². The number of hydrogen-bond acceptors (Lipinski definition) is 2. The average molecular weight is 303 g/mol. The van der Waals surface area contributed by atoms with E-state index in [1.54, 1.807) is 12.4 Å². The molecule has 0 aliphatic carbocycles. The molecule has 0 fully saturated rings. The predicted molar refractivity (Wildman–Crippen MR) is 74.3 cm³/mol. The lowest BCUT2D eigenvalue weighted by Crippen LogP contribution is -1.98. The minimum Gasteiger partial charge on any atom is -0.384 e. The molecule has 2 aromatic heterocycles. The molecule has 0 amide bonds.